The number of carboxylic acid groups (broad SMARTS) is 1. The van der Waals surface area contributed by atoms with Crippen molar-refractivity contribution in [3.8, 4) is 0 Å². The van der Waals surface area contributed by atoms with Crippen LogP contribution in [-0.2, 0) is 6.54 Å². The Bertz CT molecular complexity index is 640. The minimum absolute atomic E-state index is 0.125. The molecule has 0 aliphatic rings. The van der Waals surface area contributed by atoms with Crippen LogP contribution in [0.4, 0.5) is 0 Å². The molecule has 0 aromatic carbocycles. The molecule has 0 saturated carbocycles. The Labute approximate surface area is 114 Å². The maximum Gasteiger partial charge on any atom is 0.338 e. The van der Waals surface area contributed by atoms with Gasteiger partial charge in [-0.3, -0.25) is 19.7 Å². The van der Waals surface area contributed by atoms with Crippen molar-refractivity contribution < 1.29 is 14.7 Å². The summed E-state index contributed by atoms with van der Waals surface area (Å²) in [6.07, 6.45) is 4.50. The van der Waals surface area contributed by atoms with E-state index >= 15 is 0 Å². The zero-order chi connectivity index (χ0) is 14.5. The lowest BCUT2D eigenvalue weighted by atomic mass is 10.2. The number of aryl methyl sites for hydroxylation is 1. The van der Waals surface area contributed by atoms with Crippen LogP contribution in [0.3, 0.4) is 0 Å². The predicted molar refractivity (Wildman–Crippen MR) is 69.1 cm³/mol. The highest BCUT2D eigenvalue weighted by Gasteiger charge is 2.17. The maximum atomic E-state index is 11.9. The van der Waals surface area contributed by atoms with Crippen molar-refractivity contribution in [1.82, 2.24) is 20.3 Å². The van der Waals surface area contributed by atoms with Crippen LogP contribution >= 0.6 is 0 Å². The van der Waals surface area contributed by atoms with Crippen LogP contribution in [0.1, 0.15) is 32.2 Å². The Morgan fingerprint density at radius 2 is 2.05 bits per heavy atom. The number of carboxylic acids is 1. The zero-order valence-corrected chi connectivity index (χ0v) is 10.7. The summed E-state index contributed by atoms with van der Waals surface area (Å²) in [6, 6.07) is 2.79. The molecule has 20 heavy (non-hydrogen) atoms. The normalized spacial score (nSPS) is 10.1. The van der Waals surface area contributed by atoms with E-state index < -0.39 is 11.9 Å². The number of hydrogen-bond acceptors (Lipinski definition) is 5. The van der Waals surface area contributed by atoms with Gasteiger partial charge >= 0.3 is 5.97 Å². The van der Waals surface area contributed by atoms with E-state index in [0.29, 0.717) is 5.69 Å². The molecule has 0 radical (unpaired) electrons. The summed E-state index contributed by atoms with van der Waals surface area (Å²) >= 11 is 0. The Kier molecular flexibility index (Phi) is 3.99. The fraction of sp³-hybridized carbons (Fsp3) is 0.154. The van der Waals surface area contributed by atoms with Crippen molar-refractivity contribution in [3.63, 3.8) is 0 Å². The number of rotatable bonds is 4. The summed E-state index contributed by atoms with van der Waals surface area (Å²) in [5.41, 5.74) is 1.09. The van der Waals surface area contributed by atoms with Gasteiger partial charge in [-0.25, -0.2) is 4.79 Å². The van der Waals surface area contributed by atoms with Crippen LogP contribution in [0.15, 0.2) is 30.7 Å². The van der Waals surface area contributed by atoms with Crippen LogP contribution < -0.4 is 5.32 Å². The highest BCUT2D eigenvalue weighted by Crippen LogP contribution is 2.05. The molecule has 0 unspecified atom stereocenters. The van der Waals surface area contributed by atoms with E-state index in [2.05, 4.69) is 20.3 Å². The number of carbonyl (C=O) groups is 2. The molecular weight excluding hydrogens is 260 g/mol. The van der Waals surface area contributed by atoms with Crippen molar-refractivity contribution in [2.45, 2.75) is 13.5 Å². The van der Waals surface area contributed by atoms with Gasteiger partial charge in [-0.2, -0.15) is 0 Å². The van der Waals surface area contributed by atoms with Crippen molar-refractivity contribution >= 4 is 11.9 Å². The van der Waals surface area contributed by atoms with Crippen LogP contribution in [0.5, 0.6) is 0 Å². The average Bonchev–Trinajstić information content (AvgIpc) is 2.46. The lowest BCUT2D eigenvalue weighted by Gasteiger charge is -2.06. The summed E-state index contributed by atoms with van der Waals surface area (Å²) in [4.78, 5) is 34.9. The lowest BCUT2D eigenvalue weighted by molar-refractivity contribution is 0.0690. The Hall–Kier alpha value is -2.83. The highest BCUT2D eigenvalue weighted by molar-refractivity contribution is 6.03. The van der Waals surface area contributed by atoms with Gasteiger partial charge in [0, 0.05) is 12.4 Å². The molecule has 0 spiro atoms. The van der Waals surface area contributed by atoms with Gasteiger partial charge in [0.05, 0.1) is 29.7 Å². The molecule has 2 N–H and O–H groups in total. The first kappa shape index (κ1) is 13.6. The van der Waals surface area contributed by atoms with Gasteiger partial charge in [-0.05, 0) is 19.1 Å². The average molecular weight is 272 g/mol. The number of nitrogens with one attached hydrogen (secondary N) is 1. The third kappa shape index (κ3) is 3.14. The van der Waals surface area contributed by atoms with Gasteiger partial charge in [0.2, 0.25) is 0 Å². The molecule has 1 amide bonds. The third-order valence-corrected chi connectivity index (χ3v) is 2.52. The highest BCUT2D eigenvalue weighted by atomic mass is 16.4. The van der Waals surface area contributed by atoms with Gasteiger partial charge in [-0.1, -0.05) is 0 Å². The number of aromatic nitrogens is 3. The van der Waals surface area contributed by atoms with E-state index in [-0.39, 0.29) is 17.8 Å². The van der Waals surface area contributed by atoms with Gasteiger partial charge in [0.15, 0.2) is 0 Å². The summed E-state index contributed by atoms with van der Waals surface area (Å²) in [6.45, 7) is 1.96. The van der Waals surface area contributed by atoms with Gasteiger partial charge in [0.1, 0.15) is 5.69 Å². The molecule has 0 aliphatic carbocycles. The maximum absolute atomic E-state index is 11.9. The van der Waals surface area contributed by atoms with E-state index in [1.165, 1.54) is 18.3 Å². The van der Waals surface area contributed by atoms with E-state index in [9.17, 15) is 9.59 Å². The van der Waals surface area contributed by atoms with Crippen molar-refractivity contribution in [3.05, 3.63) is 53.4 Å². The number of hydrogen-bond donors (Lipinski definition) is 2. The molecule has 0 bridgehead atoms. The minimum atomic E-state index is -1.20. The van der Waals surface area contributed by atoms with E-state index in [0.717, 1.165) is 5.69 Å². The molecule has 7 heteroatoms. The van der Waals surface area contributed by atoms with Crippen LogP contribution in [0.25, 0.3) is 0 Å². The largest absolute Gasteiger partial charge is 0.478 e. The van der Waals surface area contributed by atoms with E-state index in [1.54, 1.807) is 12.4 Å². The lowest BCUT2D eigenvalue weighted by Crippen LogP contribution is -2.26. The molecule has 102 valence electrons. The summed E-state index contributed by atoms with van der Waals surface area (Å²) in [5, 5.41) is 11.6. The van der Waals surface area contributed by atoms with Crippen LogP contribution in [0.2, 0.25) is 0 Å². The molecule has 0 saturated heterocycles. The Morgan fingerprint density at radius 3 is 2.70 bits per heavy atom. The molecular formula is C13H12N4O3. The fourth-order valence-corrected chi connectivity index (χ4v) is 1.52. The SMILES string of the molecule is Cc1cnc(CNC(=O)c2ncccc2C(=O)O)cn1. The molecule has 7 nitrogen and oxygen atoms in total. The van der Waals surface area contributed by atoms with E-state index in [1.807, 2.05) is 6.92 Å². The van der Waals surface area contributed by atoms with Gasteiger partial charge < -0.3 is 10.4 Å². The first-order valence-electron chi connectivity index (χ1n) is 5.82. The second-order valence-corrected chi connectivity index (χ2v) is 4.04. The molecule has 2 rings (SSSR count). The summed E-state index contributed by atoms with van der Waals surface area (Å²) in [7, 11) is 0. The number of nitrogens with zero attached hydrogens (tertiary/aromatic N) is 3. The second-order valence-electron chi connectivity index (χ2n) is 4.04. The number of aromatic carboxylic acids is 1. The smallest absolute Gasteiger partial charge is 0.338 e. The summed E-state index contributed by atoms with van der Waals surface area (Å²) in [5.74, 6) is -1.76. The fourth-order valence-electron chi connectivity index (χ4n) is 1.52. The predicted octanol–water partition coefficient (Wildman–Crippen LogP) is 0.808. The molecule has 0 aliphatic heterocycles. The molecule has 0 atom stereocenters. The van der Waals surface area contributed by atoms with E-state index in [4.69, 9.17) is 5.11 Å². The number of pyridine rings is 1. The van der Waals surface area contributed by atoms with Crippen molar-refractivity contribution in [2.75, 3.05) is 0 Å². The topological polar surface area (TPSA) is 105 Å². The molecule has 2 aromatic rings. The van der Waals surface area contributed by atoms with Crippen LogP contribution in [0, 0.1) is 6.92 Å². The van der Waals surface area contributed by atoms with Gasteiger partial charge in [0.25, 0.3) is 5.91 Å². The Morgan fingerprint density at radius 1 is 1.25 bits per heavy atom. The zero-order valence-electron chi connectivity index (χ0n) is 10.7. The van der Waals surface area contributed by atoms with Crippen molar-refractivity contribution in [2.24, 2.45) is 0 Å². The summed E-state index contributed by atoms with van der Waals surface area (Å²) < 4.78 is 0. The first-order chi connectivity index (χ1) is 9.58. The van der Waals surface area contributed by atoms with Crippen LogP contribution in [-0.4, -0.2) is 31.9 Å². The molecule has 2 heterocycles. The molecule has 0 fully saturated rings. The quantitative estimate of drug-likeness (QED) is 0.853. The Balaban J connectivity index is 2.09. The third-order valence-electron chi connectivity index (χ3n) is 2.52. The van der Waals surface area contributed by atoms with Gasteiger partial charge in [-0.15, -0.1) is 0 Å². The molecule has 2 aromatic heterocycles. The van der Waals surface area contributed by atoms with Crippen molar-refractivity contribution in [1.29, 1.82) is 0 Å². The monoisotopic (exact) mass is 272 g/mol. The minimum Gasteiger partial charge on any atom is -0.478 e. The second kappa shape index (κ2) is 5.87. The number of amides is 1. The first-order valence-corrected chi connectivity index (χ1v) is 5.82. The standard InChI is InChI=1S/C13H12N4O3/c1-8-5-16-9(6-15-8)7-17-12(18)11-10(13(19)20)3-2-4-14-11/h2-6H,7H2,1H3,(H,17,18)(H,19,20). The number of carbonyl (C=O) groups excluding carboxylic acids is 1.